The number of hydrogen-bond donors (Lipinski definition) is 1. The second-order valence-corrected chi connectivity index (χ2v) is 7.33. The summed E-state index contributed by atoms with van der Waals surface area (Å²) in [6.45, 7) is 8.84. The molecule has 0 spiro atoms. The summed E-state index contributed by atoms with van der Waals surface area (Å²) in [5.41, 5.74) is 1.92. The smallest absolute Gasteiger partial charge is 0.268 e. The molecule has 0 unspecified atom stereocenters. The normalized spacial score (nSPS) is 14.4. The highest BCUT2D eigenvalue weighted by Gasteiger charge is 2.18. The molecule has 3 rings (SSSR count). The first kappa shape index (κ1) is 20.8. The number of anilines is 3. The van der Waals surface area contributed by atoms with Gasteiger partial charge < -0.3 is 14.5 Å². The maximum absolute atomic E-state index is 12.5. The van der Waals surface area contributed by atoms with Crippen LogP contribution in [-0.4, -0.2) is 55.5 Å². The van der Waals surface area contributed by atoms with Crippen LogP contribution in [0.3, 0.4) is 0 Å². The number of nitrogens with one attached hydrogen (secondary N) is 1. The van der Waals surface area contributed by atoms with Gasteiger partial charge in [-0.2, -0.15) is 5.26 Å². The number of nitriles is 1. The third-order valence-corrected chi connectivity index (χ3v) is 5.51. The van der Waals surface area contributed by atoms with Crippen LogP contribution in [0.2, 0.25) is 0 Å². The van der Waals surface area contributed by atoms with Gasteiger partial charge in [0.15, 0.2) is 0 Å². The molecule has 9 heteroatoms. The molecule has 0 radical (unpaired) electrons. The molecule has 1 N–H and O–H groups in total. The van der Waals surface area contributed by atoms with Crippen molar-refractivity contribution in [1.82, 2.24) is 10.2 Å². The van der Waals surface area contributed by atoms with Gasteiger partial charge >= 0.3 is 0 Å². The molecule has 0 saturated carbocycles. The molecule has 1 aromatic heterocycles. The molecule has 1 aliphatic heterocycles. The summed E-state index contributed by atoms with van der Waals surface area (Å²) in [6, 6.07) is 9.76. The van der Waals surface area contributed by atoms with Gasteiger partial charge in [0.2, 0.25) is 10.3 Å². The maximum Gasteiger partial charge on any atom is 0.268 e. The van der Waals surface area contributed by atoms with Crippen molar-refractivity contribution in [3.8, 4) is 6.07 Å². The van der Waals surface area contributed by atoms with E-state index in [1.807, 2.05) is 30.3 Å². The molecule has 1 saturated heterocycles. The summed E-state index contributed by atoms with van der Waals surface area (Å²) in [5, 5.41) is 21.3. The number of aromatic nitrogens is 2. The Morgan fingerprint density at radius 2 is 1.97 bits per heavy atom. The number of nitrogens with zero attached hydrogens (tertiary/aromatic N) is 5. The van der Waals surface area contributed by atoms with Gasteiger partial charge in [-0.1, -0.05) is 23.5 Å². The van der Waals surface area contributed by atoms with Gasteiger partial charge in [-0.3, -0.25) is 10.1 Å². The van der Waals surface area contributed by atoms with Crippen LogP contribution >= 0.6 is 11.3 Å². The van der Waals surface area contributed by atoms with Gasteiger partial charge in [0.05, 0.1) is 13.2 Å². The van der Waals surface area contributed by atoms with Gasteiger partial charge in [-0.15, -0.1) is 10.2 Å². The zero-order valence-corrected chi connectivity index (χ0v) is 17.4. The third-order valence-electron chi connectivity index (χ3n) is 4.61. The average molecular weight is 413 g/mol. The predicted octanol–water partition coefficient (Wildman–Crippen LogP) is 2.77. The standard InChI is InChI=1S/C20H24N6O2S/c1-3-25(4-2)17-7-5-15(6-8-17)13-16(14-21)18(27)22-19-23-24-20(29-19)26-9-11-28-12-10-26/h5-8,13H,3-4,9-12H2,1-2H3,(H,22,23,27)/b16-13-. The topological polar surface area (TPSA) is 94.4 Å². The third kappa shape index (κ3) is 5.31. The van der Waals surface area contributed by atoms with Crippen LogP contribution in [0.15, 0.2) is 29.8 Å². The van der Waals surface area contributed by atoms with Gasteiger partial charge in [-0.05, 0) is 37.6 Å². The minimum Gasteiger partial charge on any atom is -0.378 e. The van der Waals surface area contributed by atoms with E-state index in [0.717, 1.165) is 42.6 Å². The van der Waals surface area contributed by atoms with E-state index < -0.39 is 5.91 Å². The van der Waals surface area contributed by atoms with Crippen molar-refractivity contribution in [2.45, 2.75) is 13.8 Å². The van der Waals surface area contributed by atoms with E-state index in [1.54, 1.807) is 6.08 Å². The summed E-state index contributed by atoms with van der Waals surface area (Å²) in [7, 11) is 0. The fourth-order valence-electron chi connectivity index (χ4n) is 3.00. The first-order valence-corrected chi connectivity index (χ1v) is 10.4. The van der Waals surface area contributed by atoms with Crippen molar-refractivity contribution in [2.24, 2.45) is 0 Å². The Bertz CT molecular complexity index is 892. The lowest BCUT2D eigenvalue weighted by molar-refractivity contribution is -0.112. The number of hydrogen-bond acceptors (Lipinski definition) is 8. The molecule has 1 aromatic carbocycles. The molecule has 29 heavy (non-hydrogen) atoms. The number of rotatable bonds is 7. The second-order valence-electron chi connectivity index (χ2n) is 6.38. The van der Waals surface area contributed by atoms with E-state index >= 15 is 0 Å². The molecule has 0 aliphatic carbocycles. The Kier molecular flexibility index (Phi) is 7.16. The summed E-state index contributed by atoms with van der Waals surface area (Å²) >= 11 is 1.29. The fraction of sp³-hybridized carbons (Fsp3) is 0.400. The first-order valence-electron chi connectivity index (χ1n) is 9.59. The van der Waals surface area contributed by atoms with Gasteiger partial charge in [0.1, 0.15) is 11.6 Å². The van der Waals surface area contributed by atoms with Crippen LogP contribution in [0.25, 0.3) is 6.08 Å². The van der Waals surface area contributed by atoms with Crippen LogP contribution in [0.4, 0.5) is 16.0 Å². The van der Waals surface area contributed by atoms with E-state index in [4.69, 9.17) is 4.74 Å². The Hall–Kier alpha value is -2.96. The molecule has 1 fully saturated rings. The minimum absolute atomic E-state index is 0.0173. The molecule has 0 bridgehead atoms. The molecule has 152 valence electrons. The van der Waals surface area contributed by atoms with E-state index in [1.165, 1.54) is 11.3 Å². The second kappa shape index (κ2) is 10.0. The van der Waals surface area contributed by atoms with Crippen LogP contribution in [0, 0.1) is 11.3 Å². The highest BCUT2D eigenvalue weighted by Crippen LogP contribution is 2.25. The lowest BCUT2D eigenvalue weighted by Crippen LogP contribution is -2.36. The van der Waals surface area contributed by atoms with Crippen molar-refractivity contribution in [3.05, 3.63) is 35.4 Å². The number of carbonyl (C=O) groups excluding carboxylic acids is 1. The van der Waals surface area contributed by atoms with Crippen molar-refractivity contribution in [2.75, 3.05) is 54.5 Å². The van der Waals surface area contributed by atoms with Gasteiger partial charge in [0, 0.05) is 31.9 Å². The minimum atomic E-state index is -0.495. The van der Waals surface area contributed by atoms with Crippen LogP contribution in [0.1, 0.15) is 19.4 Å². The monoisotopic (exact) mass is 412 g/mol. The van der Waals surface area contributed by atoms with Crippen molar-refractivity contribution < 1.29 is 9.53 Å². The summed E-state index contributed by atoms with van der Waals surface area (Å²) in [5.74, 6) is -0.495. The number of amides is 1. The van der Waals surface area contributed by atoms with E-state index in [-0.39, 0.29) is 5.57 Å². The summed E-state index contributed by atoms with van der Waals surface area (Å²) < 4.78 is 5.33. The van der Waals surface area contributed by atoms with E-state index in [2.05, 4.69) is 39.2 Å². The largest absolute Gasteiger partial charge is 0.378 e. The molecule has 2 aromatic rings. The van der Waals surface area contributed by atoms with E-state index in [0.29, 0.717) is 18.3 Å². The highest BCUT2D eigenvalue weighted by molar-refractivity contribution is 7.19. The van der Waals surface area contributed by atoms with Crippen LogP contribution in [-0.2, 0) is 9.53 Å². The molecular formula is C20H24N6O2S. The summed E-state index contributed by atoms with van der Waals surface area (Å²) in [4.78, 5) is 16.8. The lowest BCUT2D eigenvalue weighted by atomic mass is 10.1. The van der Waals surface area contributed by atoms with Crippen molar-refractivity contribution >= 4 is 39.3 Å². The summed E-state index contributed by atoms with van der Waals surface area (Å²) in [6.07, 6.45) is 1.57. The molecule has 1 amide bonds. The average Bonchev–Trinajstić information content (AvgIpc) is 3.23. The first-order chi connectivity index (χ1) is 14.1. The molecule has 8 nitrogen and oxygen atoms in total. The number of morpholine rings is 1. The zero-order valence-electron chi connectivity index (χ0n) is 16.6. The number of ether oxygens (including phenoxy) is 1. The zero-order chi connectivity index (χ0) is 20.6. The number of carbonyl (C=O) groups is 1. The van der Waals surface area contributed by atoms with Crippen molar-refractivity contribution in [1.29, 1.82) is 5.26 Å². The maximum atomic E-state index is 12.5. The van der Waals surface area contributed by atoms with Crippen molar-refractivity contribution in [3.63, 3.8) is 0 Å². The Labute approximate surface area is 174 Å². The van der Waals surface area contributed by atoms with Gasteiger partial charge in [-0.25, -0.2) is 0 Å². The molecule has 0 atom stereocenters. The lowest BCUT2D eigenvalue weighted by Gasteiger charge is -2.25. The highest BCUT2D eigenvalue weighted by atomic mass is 32.1. The number of benzene rings is 1. The fourth-order valence-corrected chi connectivity index (χ4v) is 3.79. The quantitative estimate of drug-likeness (QED) is 0.552. The predicted molar refractivity (Wildman–Crippen MR) is 115 cm³/mol. The Morgan fingerprint density at radius 1 is 1.28 bits per heavy atom. The van der Waals surface area contributed by atoms with E-state index in [9.17, 15) is 10.1 Å². The molecular weight excluding hydrogens is 388 g/mol. The van der Waals surface area contributed by atoms with Gasteiger partial charge in [0.25, 0.3) is 5.91 Å². The SMILES string of the molecule is CCN(CC)c1ccc(/C=C(/C#N)C(=O)Nc2nnc(N3CCOCC3)s2)cc1. The van der Waals surface area contributed by atoms with Crippen LogP contribution < -0.4 is 15.1 Å². The Morgan fingerprint density at radius 3 is 2.59 bits per heavy atom. The Balaban J connectivity index is 1.67. The van der Waals surface area contributed by atoms with Crippen LogP contribution in [0.5, 0.6) is 0 Å². The molecule has 2 heterocycles. The molecule has 1 aliphatic rings.